The Bertz CT molecular complexity index is 248. The highest BCUT2D eigenvalue weighted by molar-refractivity contribution is 9.08. The topological polar surface area (TPSA) is 26.3 Å². The fourth-order valence-electron chi connectivity index (χ4n) is 0.750. The second-order valence-electron chi connectivity index (χ2n) is 2.40. The van der Waals surface area contributed by atoms with E-state index in [2.05, 4.69) is 20.7 Å². The summed E-state index contributed by atoms with van der Waals surface area (Å²) in [4.78, 5) is 10.3. The Morgan fingerprint density at radius 3 is 2.54 bits per heavy atom. The molecule has 0 spiro atoms. The van der Waals surface area contributed by atoms with Crippen LogP contribution in [0.15, 0.2) is 24.3 Å². The highest BCUT2D eigenvalue weighted by Crippen LogP contribution is 2.06. The van der Waals surface area contributed by atoms with E-state index in [1.54, 1.807) is 20.3 Å². The van der Waals surface area contributed by atoms with Gasteiger partial charge in [-0.3, -0.25) is 4.79 Å². The highest BCUT2D eigenvalue weighted by Gasteiger charge is 1.90. The van der Waals surface area contributed by atoms with Crippen molar-refractivity contribution in [3.05, 3.63) is 35.4 Å². The molecule has 0 aliphatic heterocycles. The molecule has 0 saturated carbocycles. The summed E-state index contributed by atoms with van der Waals surface area (Å²) in [6.07, 6.45) is 0.853. The van der Waals surface area contributed by atoms with Crippen molar-refractivity contribution in [2.45, 2.75) is 5.33 Å². The van der Waals surface area contributed by atoms with E-state index in [-0.39, 0.29) is 0 Å². The number of hydrogen-bond donors (Lipinski definition) is 0. The normalized spacial score (nSPS) is 8.54. The van der Waals surface area contributed by atoms with Crippen molar-refractivity contribution in [1.82, 2.24) is 0 Å². The summed E-state index contributed by atoms with van der Waals surface area (Å²) in [5, 5.41) is 0.800. The summed E-state index contributed by atoms with van der Waals surface area (Å²) >= 11 is 3.30. The number of alkyl halides is 1. The molecule has 0 saturated heterocycles. The average molecular weight is 245 g/mol. The van der Waals surface area contributed by atoms with Crippen molar-refractivity contribution < 1.29 is 9.53 Å². The van der Waals surface area contributed by atoms with Crippen LogP contribution >= 0.6 is 15.9 Å². The second-order valence-corrected chi connectivity index (χ2v) is 2.97. The van der Waals surface area contributed by atoms with Crippen LogP contribution in [0.4, 0.5) is 0 Å². The third-order valence-corrected chi connectivity index (χ3v) is 1.89. The standard InChI is InChI=1S/C8H7BrO.C2H6O/c9-5-7-2-1-3-8(4-7)6-10;1-3-2/h1-4,6H,5H2;1-2H3. The lowest BCUT2D eigenvalue weighted by Crippen LogP contribution is -1.81. The molecule has 1 aromatic carbocycles. The van der Waals surface area contributed by atoms with Gasteiger partial charge in [0.25, 0.3) is 0 Å². The van der Waals surface area contributed by atoms with E-state index in [9.17, 15) is 4.79 Å². The van der Waals surface area contributed by atoms with Gasteiger partial charge >= 0.3 is 0 Å². The molecule has 0 fully saturated rings. The summed E-state index contributed by atoms with van der Waals surface area (Å²) in [6.45, 7) is 0. The molecule has 0 aliphatic rings. The van der Waals surface area contributed by atoms with Crippen LogP contribution in [0.25, 0.3) is 0 Å². The number of methoxy groups -OCH3 is 1. The molecule has 3 heteroatoms. The third kappa shape index (κ3) is 5.55. The van der Waals surface area contributed by atoms with Gasteiger partial charge in [0.05, 0.1) is 0 Å². The molecule has 0 atom stereocenters. The van der Waals surface area contributed by atoms with Gasteiger partial charge in [0.2, 0.25) is 0 Å². The lowest BCUT2D eigenvalue weighted by atomic mass is 10.2. The molecular formula is C10H13BrO2. The van der Waals surface area contributed by atoms with Crippen LogP contribution in [0.1, 0.15) is 15.9 Å². The number of hydrogen-bond acceptors (Lipinski definition) is 2. The molecule has 1 aromatic rings. The van der Waals surface area contributed by atoms with Crippen molar-refractivity contribution >= 4 is 22.2 Å². The van der Waals surface area contributed by atoms with E-state index in [0.717, 1.165) is 22.7 Å². The van der Waals surface area contributed by atoms with Gasteiger partial charge in [0.15, 0.2) is 0 Å². The average Bonchev–Trinajstić information content (AvgIpc) is 2.19. The molecule has 0 heterocycles. The molecule has 0 radical (unpaired) electrons. The van der Waals surface area contributed by atoms with Gasteiger partial charge in [-0.05, 0) is 11.6 Å². The lowest BCUT2D eigenvalue weighted by molar-refractivity contribution is 0.112. The van der Waals surface area contributed by atoms with E-state index in [4.69, 9.17) is 0 Å². The number of rotatable bonds is 2. The molecule has 0 bridgehead atoms. The van der Waals surface area contributed by atoms with Crippen LogP contribution in [-0.4, -0.2) is 20.5 Å². The number of benzene rings is 1. The van der Waals surface area contributed by atoms with Crippen molar-refractivity contribution in [2.75, 3.05) is 14.2 Å². The number of carbonyl (C=O) groups excluding carboxylic acids is 1. The predicted octanol–water partition coefficient (Wildman–Crippen LogP) is 2.66. The van der Waals surface area contributed by atoms with Crippen LogP contribution in [0.3, 0.4) is 0 Å². The minimum atomic E-state index is 0.733. The van der Waals surface area contributed by atoms with Crippen molar-refractivity contribution in [3.8, 4) is 0 Å². The number of aldehydes is 1. The first-order valence-electron chi connectivity index (χ1n) is 3.78. The Balaban J connectivity index is 0.000000424. The van der Waals surface area contributed by atoms with Crippen LogP contribution in [-0.2, 0) is 10.1 Å². The zero-order valence-corrected chi connectivity index (χ0v) is 9.37. The maximum atomic E-state index is 10.3. The maximum absolute atomic E-state index is 10.3. The summed E-state index contributed by atoms with van der Waals surface area (Å²) < 4.78 is 4.25. The Kier molecular flexibility index (Phi) is 7.54. The first-order chi connectivity index (χ1) is 6.28. The SMILES string of the molecule is COC.O=Cc1cccc(CBr)c1. The smallest absolute Gasteiger partial charge is 0.150 e. The lowest BCUT2D eigenvalue weighted by Gasteiger charge is -1.93. The number of ether oxygens (including phenoxy) is 1. The maximum Gasteiger partial charge on any atom is 0.150 e. The Labute approximate surface area is 87.0 Å². The molecule has 0 aromatic heterocycles. The zero-order valence-electron chi connectivity index (χ0n) is 7.79. The summed E-state index contributed by atoms with van der Waals surface area (Å²) in [7, 11) is 3.25. The monoisotopic (exact) mass is 244 g/mol. The summed E-state index contributed by atoms with van der Waals surface area (Å²) in [5.41, 5.74) is 1.86. The van der Waals surface area contributed by atoms with E-state index in [1.807, 2.05) is 18.2 Å². The van der Waals surface area contributed by atoms with Gasteiger partial charge in [0.1, 0.15) is 6.29 Å². The van der Waals surface area contributed by atoms with Gasteiger partial charge in [0, 0.05) is 25.1 Å². The van der Waals surface area contributed by atoms with Gasteiger partial charge in [-0.1, -0.05) is 34.1 Å². The Hall–Kier alpha value is -0.670. The molecule has 0 unspecified atom stereocenters. The molecular weight excluding hydrogens is 232 g/mol. The van der Waals surface area contributed by atoms with Crippen molar-refractivity contribution in [2.24, 2.45) is 0 Å². The second kappa shape index (κ2) is 7.95. The van der Waals surface area contributed by atoms with Crippen LogP contribution in [0, 0.1) is 0 Å². The fourth-order valence-corrected chi connectivity index (χ4v) is 1.10. The van der Waals surface area contributed by atoms with E-state index in [0.29, 0.717) is 0 Å². The summed E-state index contributed by atoms with van der Waals surface area (Å²) in [5.74, 6) is 0. The molecule has 0 amide bonds. The van der Waals surface area contributed by atoms with E-state index < -0.39 is 0 Å². The predicted molar refractivity (Wildman–Crippen MR) is 57.4 cm³/mol. The van der Waals surface area contributed by atoms with Gasteiger partial charge in [-0.25, -0.2) is 0 Å². The van der Waals surface area contributed by atoms with Gasteiger partial charge in [-0.15, -0.1) is 0 Å². The first kappa shape index (κ1) is 12.3. The number of carbonyl (C=O) groups is 1. The highest BCUT2D eigenvalue weighted by atomic mass is 79.9. The Morgan fingerprint density at radius 1 is 1.46 bits per heavy atom. The van der Waals surface area contributed by atoms with E-state index in [1.165, 1.54) is 0 Å². The summed E-state index contributed by atoms with van der Waals surface area (Å²) in [6, 6.07) is 7.50. The van der Waals surface area contributed by atoms with Crippen molar-refractivity contribution in [3.63, 3.8) is 0 Å². The molecule has 0 N–H and O–H groups in total. The largest absolute Gasteiger partial charge is 0.388 e. The fraction of sp³-hybridized carbons (Fsp3) is 0.300. The molecule has 1 rings (SSSR count). The van der Waals surface area contributed by atoms with Crippen LogP contribution in [0.2, 0.25) is 0 Å². The minimum absolute atomic E-state index is 0.733. The number of halogens is 1. The van der Waals surface area contributed by atoms with Crippen LogP contribution < -0.4 is 0 Å². The zero-order chi connectivity index (χ0) is 10.1. The molecule has 0 aliphatic carbocycles. The van der Waals surface area contributed by atoms with Crippen molar-refractivity contribution in [1.29, 1.82) is 0 Å². The molecule has 13 heavy (non-hydrogen) atoms. The first-order valence-corrected chi connectivity index (χ1v) is 4.90. The molecule has 72 valence electrons. The van der Waals surface area contributed by atoms with Gasteiger partial charge in [-0.2, -0.15) is 0 Å². The molecule has 2 nitrogen and oxygen atoms in total. The quantitative estimate of drug-likeness (QED) is 0.591. The third-order valence-electron chi connectivity index (χ3n) is 1.24. The van der Waals surface area contributed by atoms with E-state index >= 15 is 0 Å². The Morgan fingerprint density at radius 2 is 2.08 bits per heavy atom. The minimum Gasteiger partial charge on any atom is -0.388 e. The van der Waals surface area contributed by atoms with Gasteiger partial charge < -0.3 is 4.74 Å². The van der Waals surface area contributed by atoms with Crippen LogP contribution in [0.5, 0.6) is 0 Å².